The van der Waals surface area contributed by atoms with Gasteiger partial charge in [0.1, 0.15) is 0 Å². The topological polar surface area (TPSA) is 0 Å². The standard InChI is InChI=1S/C45H32/c1-45(2)43-25-21-32(29-12-5-3-6-13-29)26-41(43)38-24-23-37-36-22-20-33(35-19-11-17-30-16-9-10-18-34(30)35)27-40(36)39(28-42(37)44(38)45)31-14-7-4-8-15-31/h3-28H,1-2H3. The van der Waals surface area contributed by atoms with Crippen molar-refractivity contribution in [2.24, 2.45) is 0 Å². The van der Waals surface area contributed by atoms with E-state index < -0.39 is 0 Å². The van der Waals surface area contributed by atoms with Gasteiger partial charge < -0.3 is 0 Å². The van der Waals surface area contributed by atoms with Crippen LogP contribution in [0.2, 0.25) is 0 Å². The van der Waals surface area contributed by atoms with Crippen molar-refractivity contribution < 1.29 is 0 Å². The Kier molecular flexibility index (Phi) is 5.64. The molecule has 0 radical (unpaired) electrons. The lowest BCUT2D eigenvalue weighted by Crippen LogP contribution is -2.15. The van der Waals surface area contributed by atoms with Crippen LogP contribution < -0.4 is 0 Å². The Hall–Kier alpha value is -5.46. The molecule has 0 saturated heterocycles. The lowest BCUT2D eigenvalue weighted by Gasteiger charge is -2.24. The predicted octanol–water partition coefficient (Wildman–Crippen LogP) is 12.5. The monoisotopic (exact) mass is 572 g/mol. The summed E-state index contributed by atoms with van der Waals surface area (Å²) in [4.78, 5) is 0. The van der Waals surface area contributed by atoms with Crippen molar-refractivity contribution in [1.82, 2.24) is 0 Å². The van der Waals surface area contributed by atoms with Crippen LogP contribution >= 0.6 is 0 Å². The first-order chi connectivity index (χ1) is 22.1. The third kappa shape index (κ3) is 3.92. The minimum Gasteiger partial charge on any atom is -0.0622 e. The highest BCUT2D eigenvalue weighted by molar-refractivity contribution is 6.17. The van der Waals surface area contributed by atoms with Gasteiger partial charge in [0.05, 0.1) is 0 Å². The van der Waals surface area contributed by atoms with Crippen LogP contribution in [0.15, 0.2) is 158 Å². The molecule has 1 aliphatic rings. The van der Waals surface area contributed by atoms with Crippen molar-refractivity contribution in [3.05, 3.63) is 169 Å². The summed E-state index contributed by atoms with van der Waals surface area (Å²) in [5.74, 6) is 0. The van der Waals surface area contributed by atoms with Gasteiger partial charge in [0.25, 0.3) is 0 Å². The third-order valence-electron chi connectivity index (χ3n) is 10.0. The zero-order chi connectivity index (χ0) is 30.1. The van der Waals surface area contributed by atoms with Crippen LogP contribution in [0.4, 0.5) is 0 Å². The van der Waals surface area contributed by atoms with Crippen molar-refractivity contribution in [1.29, 1.82) is 0 Å². The first kappa shape index (κ1) is 26.0. The fourth-order valence-electron chi connectivity index (χ4n) is 7.88. The molecule has 45 heavy (non-hydrogen) atoms. The molecule has 0 bridgehead atoms. The molecule has 0 heterocycles. The zero-order valence-electron chi connectivity index (χ0n) is 25.5. The molecule has 8 aromatic rings. The minimum atomic E-state index is -0.121. The summed E-state index contributed by atoms with van der Waals surface area (Å²) in [7, 11) is 0. The van der Waals surface area contributed by atoms with Gasteiger partial charge in [-0.1, -0.05) is 153 Å². The quantitative estimate of drug-likeness (QED) is 0.185. The van der Waals surface area contributed by atoms with Crippen LogP contribution in [-0.2, 0) is 5.41 Å². The van der Waals surface area contributed by atoms with E-state index in [1.165, 1.54) is 88.0 Å². The van der Waals surface area contributed by atoms with Crippen LogP contribution in [0.1, 0.15) is 25.0 Å². The molecule has 8 aromatic carbocycles. The molecule has 9 rings (SSSR count). The van der Waals surface area contributed by atoms with Crippen LogP contribution in [-0.4, -0.2) is 0 Å². The maximum absolute atomic E-state index is 2.48. The van der Waals surface area contributed by atoms with Gasteiger partial charge in [-0.2, -0.15) is 0 Å². The molecule has 0 nitrogen and oxygen atoms in total. The predicted molar refractivity (Wildman–Crippen MR) is 193 cm³/mol. The second-order valence-corrected chi connectivity index (χ2v) is 12.9. The molecule has 1 aliphatic carbocycles. The average molecular weight is 573 g/mol. The van der Waals surface area contributed by atoms with E-state index in [0.717, 1.165) is 0 Å². The summed E-state index contributed by atoms with van der Waals surface area (Å²) in [5, 5.41) is 7.81. The van der Waals surface area contributed by atoms with Crippen LogP contribution in [0.5, 0.6) is 0 Å². The molecule has 0 spiro atoms. The Morgan fingerprint density at radius 2 is 1.00 bits per heavy atom. The molecule has 0 aromatic heterocycles. The second-order valence-electron chi connectivity index (χ2n) is 12.9. The summed E-state index contributed by atoms with van der Waals surface area (Å²) < 4.78 is 0. The van der Waals surface area contributed by atoms with E-state index in [1.807, 2.05) is 0 Å². The summed E-state index contributed by atoms with van der Waals surface area (Å²) >= 11 is 0. The highest BCUT2D eigenvalue weighted by Crippen LogP contribution is 2.53. The van der Waals surface area contributed by atoms with Crippen LogP contribution in [0.25, 0.3) is 76.8 Å². The van der Waals surface area contributed by atoms with Crippen molar-refractivity contribution in [2.75, 3.05) is 0 Å². The average Bonchev–Trinajstić information content (AvgIpc) is 3.34. The molecular formula is C45H32. The van der Waals surface area contributed by atoms with E-state index in [9.17, 15) is 0 Å². The van der Waals surface area contributed by atoms with E-state index in [1.54, 1.807) is 0 Å². The molecule has 0 amide bonds. The maximum atomic E-state index is 2.48. The van der Waals surface area contributed by atoms with E-state index in [2.05, 4.69) is 172 Å². The summed E-state index contributed by atoms with van der Waals surface area (Å²) in [5.41, 5.74) is 13.0. The van der Waals surface area contributed by atoms with Crippen molar-refractivity contribution in [3.8, 4) is 44.5 Å². The summed E-state index contributed by atoms with van der Waals surface area (Å²) in [6.45, 7) is 4.80. The smallest absolute Gasteiger partial charge is 0.0165 e. The molecule has 0 saturated carbocycles. The first-order valence-electron chi connectivity index (χ1n) is 15.9. The van der Waals surface area contributed by atoms with Gasteiger partial charge in [-0.3, -0.25) is 0 Å². The van der Waals surface area contributed by atoms with Crippen molar-refractivity contribution >= 4 is 32.3 Å². The molecule has 212 valence electrons. The van der Waals surface area contributed by atoms with Gasteiger partial charge in [0, 0.05) is 5.41 Å². The van der Waals surface area contributed by atoms with Gasteiger partial charge in [0.15, 0.2) is 0 Å². The summed E-state index contributed by atoms with van der Waals surface area (Å²) in [6.07, 6.45) is 0. The first-order valence-corrected chi connectivity index (χ1v) is 15.9. The molecule has 0 N–H and O–H groups in total. The lowest BCUT2D eigenvalue weighted by atomic mass is 9.78. The van der Waals surface area contributed by atoms with Gasteiger partial charge in [-0.25, -0.2) is 0 Å². The maximum Gasteiger partial charge on any atom is 0.0165 e. The Morgan fingerprint density at radius 1 is 0.333 bits per heavy atom. The molecule has 0 heteroatoms. The number of hydrogen-bond acceptors (Lipinski definition) is 0. The molecule has 0 fully saturated rings. The van der Waals surface area contributed by atoms with Crippen LogP contribution in [0.3, 0.4) is 0 Å². The molecular weight excluding hydrogens is 540 g/mol. The second kappa shape index (κ2) is 9.78. The number of rotatable bonds is 3. The molecule has 0 aliphatic heterocycles. The SMILES string of the molecule is CC1(C)c2ccc(-c3ccccc3)cc2-c2ccc3c(cc(-c4ccccc4)c4cc(-c5cccc6ccccc56)ccc43)c21. The van der Waals surface area contributed by atoms with Crippen molar-refractivity contribution in [3.63, 3.8) is 0 Å². The summed E-state index contributed by atoms with van der Waals surface area (Å²) in [6, 6.07) is 58.3. The molecule has 0 atom stereocenters. The number of benzene rings is 8. The Morgan fingerprint density at radius 3 is 1.82 bits per heavy atom. The van der Waals surface area contributed by atoms with E-state index in [0.29, 0.717) is 0 Å². The number of fused-ring (bicyclic) bond motifs is 8. The highest BCUT2D eigenvalue weighted by atomic mass is 14.4. The van der Waals surface area contributed by atoms with E-state index in [4.69, 9.17) is 0 Å². The Balaban J connectivity index is 1.32. The van der Waals surface area contributed by atoms with Crippen molar-refractivity contribution in [2.45, 2.75) is 19.3 Å². The fourth-order valence-corrected chi connectivity index (χ4v) is 7.88. The van der Waals surface area contributed by atoms with E-state index in [-0.39, 0.29) is 5.41 Å². The van der Waals surface area contributed by atoms with Gasteiger partial charge in [-0.15, -0.1) is 0 Å². The minimum absolute atomic E-state index is 0.121. The van der Waals surface area contributed by atoms with Gasteiger partial charge in [0.2, 0.25) is 0 Å². The van der Waals surface area contributed by atoms with Crippen LogP contribution in [0, 0.1) is 0 Å². The normalized spacial score (nSPS) is 13.3. The fraction of sp³-hybridized carbons (Fsp3) is 0.0667. The van der Waals surface area contributed by atoms with E-state index >= 15 is 0 Å². The number of hydrogen-bond donors (Lipinski definition) is 0. The largest absolute Gasteiger partial charge is 0.0622 e. The lowest BCUT2D eigenvalue weighted by molar-refractivity contribution is 0.666. The van der Waals surface area contributed by atoms with Gasteiger partial charge in [-0.05, 0) is 106 Å². The van der Waals surface area contributed by atoms with Gasteiger partial charge >= 0.3 is 0 Å². The highest BCUT2D eigenvalue weighted by Gasteiger charge is 2.37. The Labute approximate surface area is 264 Å². The molecule has 0 unspecified atom stereocenters. The Bertz CT molecular complexity index is 2420. The zero-order valence-corrected chi connectivity index (χ0v) is 25.5. The third-order valence-corrected chi connectivity index (χ3v) is 10.0.